The summed E-state index contributed by atoms with van der Waals surface area (Å²) in [5.74, 6) is 0.298. The SMILES string of the molecule is CCOc1ccccc1/C=C(\C#N)C(=O)c1ccc(Cl)cc1. The molecule has 0 saturated carbocycles. The first-order valence-corrected chi connectivity index (χ1v) is 7.17. The number of benzene rings is 2. The molecule has 0 amide bonds. The van der Waals surface area contributed by atoms with Gasteiger partial charge in [0.25, 0.3) is 0 Å². The molecule has 0 atom stereocenters. The normalized spacial score (nSPS) is 10.9. The maximum atomic E-state index is 12.4. The van der Waals surface area contributed by atoms with Crippen molar-refractivity contribution in [3.05, 3.63) is 70.3 Å². The van der Waals surface area contributed by atoms with Crippen LogP contribution in [0.5, 0.6) is 5.75 Å². The number of nitrogens with zero attached hydrogens (tertiary/aromatic N) is 1. The Kier molecular flexibility index (Phi) is 5.35. The number of hydrogen-bond acceptors (Lipinski definition) is 3. The predicted octanol–water partition coefficient (Wildman–Crippen LogP) is 4.53. The van der Waals surface area contributed by atoms with Gasteiger partial charge in [-0.15, -0.1) is 0 Å². The van der Waals surface area contributed by atoms with Gasteiger partial charge in [0.05, 0.1) is 6.61 Å². The third-order valence-corrected chi connectivity index (χ3v) is 3.24. The molecule has 0 radical (unpaired) electrons. The van der Waals surface area contributed by atoms with Gasteiger partial charge in [-0.05, 0) is 43.3 Å². The molecular weight excluding hydrogens is 298 g/mol. The fourth-order valence-corrected chi connectivity index (χ4v) is 2.07. The van der Waals surface area contributed by atoms with Crippen molar-refractivity contribution in [1.29, 1.82) is 5.26 Å². The topological polar surface area (TPSA) is 50.1 Å². The summed E-state index contributed by atoms with van der Waals surface area (Å²) in [6, 6.07) is 15.7. The molecule has 4 heteroatoms. The summed E-state index contributed by atoms with van der Waals surface area (Å²) >= 11 is 5.81. The van der Waals surface area contributed by atoms with Gasteiger partial charge in [0, 0.05) is 16.1 Å². The van der Waals surface area contributed by atoms with Crippen LogP contribution < -0.4 is 4.74 Å². The maximum Gasteiger partial charge on any atom is 0.203 e. The lowest BCUT2D eigenvalue weighted by Gasteiger charge is -2.07. The summed E-state index contributed by atoms with van der Waals surface area (Å²) in [7, 11) is 0. The molecule has 0 aromatic heterocycles. The summed E-state index contributed by atoms with van der Waals surface area (Å²) in [5, 5.41) is 9.83. The molecule has 0 aliphatic heterocycles. The van der Waals surface area contributed by atoms with Gasteiger partial charge in [-0.3, -0.25) is 4.79 Å². The highest BCUT2D eigenvalue weighted by atomic mass is 35.5. The van der Waals surface area contributed by atoms with Crippen molar-refractivity contribution in [2.24, 2.45) is 0 Å². The zero-order chi connectivity index (χ0) is 15.9. The van der Waals surface area contributed by atoms with E-state index in [1.807, 2.05) is 25.1 Å². The van der Waals surface area contributed by atoms with Crippen LogP contribution in [0.2, 0.25) is 5.02 Å². The lowest BCUT2D eigenvalue weighted by atomic mass is 10.0. The third-order valence-electron chi connectivity index (χ3n) is 2.99. The van der Waals surface area contributed by atoms with Crippen LogP contribution in [-0.4, -0.2) is 12.4 Å². The minimum atomic E-state index is -0.342. The molecule has 0 spiro atoms. The summed E-state index contributed by atoms with van der Waals surface area (Å²) in [6.45, 7) is 2.39. The molecule has 0 aliphatic carbocycles. The van der Waals surface area contributed by atoms with E-state index in [9.17, 15) is 10.1 Å². The molecule has 2 aromatic carbocycles. The van der Waals surface area contributed by atoms with Gasteiger partial charge in [0.15, 0.2) is 0 Å². The number of halogens is 1. The van der Waals surface area contributed by atoms with Gasteiger partial charge >= 0.3 is 0 Å². The number of nitriles is 1. The van der Waals surface area contributed by atoms with E-state index in [1.54, 1.807) is 42.5 Å². The van der Waals surface area contributed by atoms with E-state index in [-0.39, 0.29) is 11.4 Å². The molecule has 22 heavy (non-hydrogen) atoms. The zero-order valence-electron chi connectivity index (χ0n) is 12.0. The Morgan fingerprint density at radius 2 is 1.91 bits per heavy atom. The largest absolute Gasteiger partial charge is 0.493 e. The lowest BCUT2D eigenvalue weighted by Crippen LogP contribution is -2.02. The standard InChI is InChI=1S/C18H14ClNO2/c1-2-22-17-6-4-3-5-14(17)11-15(12-20)18(21)13-7-9-16(19)10-8-13/h3-11H,2H2,1H3/b15-11+. The lowest BCUT2D eigenvalue weighted by molar-refractivity contribution is 0.104. The Bertz CT molecular complexity index is 742. The fraction of sp³-hybridized carbons (Fsp3) is 0.111. The Morgan fingerprint density at radius 1 is 1.23 bits per heavy atom. The van der Waals surface area contributed by atoms with E-state index < -0.39 is 0 Å². The van der Waals surface area contributed by atoms with Gasteiger partial charge < -0.3 is 4.74 Å². The molecule has 0 N–H and O–H groups in total. The number of Topliss-reactive ketones (excluding diaryl/α,β-unsaturated/α-hetero) is 1. The quantitative estimate of drug-likeness (QED) is 0.463. The van der Waals surface area contributed by atoms with Crippen molar-refractivity contribution in [1.82, 2.24) is 0 Å². The smallest absolute Gasteiger partial charge is 0.203 e. The zero-order valence-corrected chi connectivity index (χ0v) is 12.8. The molecule has 0 unspecified atom stereocenters. The molecule has 0 fully saturated rings. The monoisotopic (exact) mass is 311 g/mol. The van der Waals surface area contributed by atoms with E-state index in [4.69, 9.17) is 16.3 Å². The van der Waals surface area contributed by atoms with Gasteiger partial charge in [-0.1, -0.05) is 29.8 Å². The highest BCUT2D eigenvalue weighted by Crippen LogP contribution is 2.22. The summed E-state index contributed by atoms with van der Waals surface area (Å²) < 4.78 is 5.50. The highest BCUT2D eigenvalue weighted by molar-refractivity contribution is 6.30. The summed E-state index contributed by atoms with van der Waals surface area (Å²) in [5.41, 5.74) is 1.17. The fourth-order valence-electron chi connectivity index (χ4n) is 1.95. The molecule has 2 aromatic rings. The van der Waals surface area contributed by atoms with Crippen molar-refractivity contribution in [3.63, 3.8) is 0 Å². The number of ketones is 1. The average Bonchev–Trinajstić information content (AvgIpc) is 2.54. The second kappa shape index (κ2) is 7.44. The maximum absolute atomic E-state index is 12.4. The first kappa shape index (κ1) is 15.8. The minimum Gasteiger partial charge on any atom is -0.493 e. The van der Waals surface area contributed by atoms with Crippen LogP contribution in [0.15, 0.2) is 54.1 Å². The predicted molar refractivity (Wildman–Crippen MR) is 87.0 cm³/mol. The number of carbonyl (C=O) groups excluding carboxylic acids is 1. The first-order chi connectivity index (χ1) is 10.7. The number of carbonyl (C=O) groups is 1. The van der Waals surface area contributed by atoms with Crippen LogP contribution >= 0.6 is 11.6 Å². The van der Waals surface area contributed by atoms with Gasteiger partial charge in [0.2, 0.25) is 5.78 Å². The van der Waals surface area contributed by atoms with Crippen LogP contribution in [0.25, 0.3) is 6.08 Å². The van der Waals surface area contributed by atoms with Crippen LogP contribution in [0.3, 0.4) is 0 Å². The third kappa shape index (κ3) is 3.75. The molecule has 0 heterocycles. The Balaban J connectivity index is 2.38. The van der Waals surface area contributed by atoms with Crippen molar-refractivity contribution in [2.45, 2.75) is 6.92 Å². The molecule has 0 bridgehead atoms. The molecule has 110 valence electrons. The second-order valence-corrected chi connectivity index (χ2v) is 4.91. The van der Waals surface area contributed by atoms with Crippen molar-refractivity contribution in [2.75, 3.05) is 6.61 Å². The summed E-state index contributed by atoms with van der Waals surface area (Å²) in [4.78, 5) is 12.4. The van der Waals surface area contributed by atoms with Crippen LogP contribution in [0.4, 0.5) is 0 Å². The van der Waals surface area contributed by atoms with Crippen molar-refractivity contribution < 1.29 is 9.53 Å². The number of hydrogen-bond donors (Lipinski definition) is 0. The molecule has 2 rings (SSSR count). The van der Waals surface area contributed by atoms with Crippen LogP contribution in [0.1, 0.15) is 22.8 Å². The van der Waals surface area contributed by atoms with E-state index in [0.717, 1.165) is 0 Å². The molecular formula is C18H14ClNO2. The van der Waals surface area contributed by atoms with Crippen molar-refractivity contribution in [3.8, 4) is 11.8 Å². The van der Waals surface area contributed by atoms with Crippen LogP contribution in [-0.2, 0) is 0 Å². The first-order valence-electron chi connectivity index (χ1n) is 6.79. The number of para-hydroxylation sites is 1. The minimum absolute atomic E-state index is 0.0504. The second-order valence-electron chi connectivity index (χ2n) is 4.48. The van der Waals surface area contributed by atoms with E-state index in [0.29, 0.717) is 28.5 Å². The van der Waals surface area contributed by atoms with E-state index >= 15 is 0 Å². The van der Waals surface area contributed by atoms with Gasteiger partial charge in [0.1, 0.15) is 17.4 Å². The Labute approximate surface area is 134 Å². The van der Waals surface area contributed by atoms with Gasteiger partial charge in [-0.25, -0.2) is 0 Å². The molecule has 0 aliphatic rings. The highest BCUT2D eigenvalue weighted by Gasteiger charge is 2.13. The van der Waals surface area contributed by atoms with Crippen LogP contribution in [0, 0.1) is 11.3 Å². The number of rotatable bonds is 5. The van der Waals surface area contributed by atoms with E-state index in [1.165, 1.54) is 0 Å². The average molecular weight is 312 g/mol. The Hall–Kier alpha value is -2.57. The van der Waals surface area contributed by atoms with Crippen molar-refractivity contribution >= 4 is 23.5 Å². The Morgan fingerprint density at radius 3 is 2.55 bits per heavy atom. The van der Waals surface area contributed by atoms with E-state index in [2.05, 4.69) is 0 Å². The number of allylic oxidation sites excluding steroid dienone is 1. The molecule has 0 saturated heterocycles. The summed E-state index contributed by atoms with van der Waals surface area (Å²) in [6.07, 6.45) is 1.54. The molecule has 3 nitrogen and oxygen atoms in total. The van der Waals surface area contributed by atoms with Gasteiger partial charge in [-0.2, -0.15) is 5.26 Å². The number of ether oxygens (including phenoxy) is 1.